The quantitative estimate of drug-likeness (QED) is 0.465. The van der Waals surface area contributed by atoms with Crippen LogP contribution in [0.25, 0.3) is 10.9 Å². The molecule has 0 aliphatic rings. The third-order valence-corrected chi connectivity index (χ3v) is 4.67. The summed E-state index contributed by atoms with van der Waals surface area (Å²) in [6.45, 7) is 2.62. The van der Waals surface area contributed by atoms with E-state index in [9.17, 15) is 4.79 Å². The zero-order valence-corrected chi connectivity index (χ0v) is 15.7. The molecule has 4 rings (SSSR count). The number of carbonyl (C=O) groups excluding carboxylic acids is 1. The number of pyridine rings is 1. The minimum absolute atomic E-state index is 0.116. The van der Waals surface area contributed by atoms with Gasteiger partial charge in [0, 0.05) is 35.5 Å². The summed E-state index contributed by atoms with van der Waals surface area (Å²) in [5.41, 5.74) is 5.02. The molecule has 0 aliphatic heterocycles. The Hall–Kier alpha value is -3.60. The van der Waals surface area contributed by atoms with Gasteiger partial charge < -0.3 is 15.6 Å². The minimum atomic E-state index is -0.116. The number of aromatic nitrogens is 2. The lowest BCUT2D eigenvalue weighted by Crippen LogP contribution is -2.25. The van der Waals surface area contributed by atoms with Crippen LogP contribution in [0.1, 0.15) is 21.5 Å². The number of aryl methyl sites for hydroxylation is 1. The second-order valence-electron chi connectivity index (χ2n) is 6.79. The number of amides is 1. The Kier molecular flexibility index (Phi) is 5.06. The maximum atomic E-state index is 12.4. The van der Waals surface area contributed by atoms with Gasteiger partial charge in [0.15, 0.2) is 0 Å². The first-order valence-electron chi connectivity index (χ1n) is 9.32. The Morgan fingerprint density at radius 2 is 1.96 bits per heavy atom. The van der Waals surface area contributed by atoms with Crippen LogP contribution in [-0.4, -0.2) is 22.4 Å². The van der Waals surface area contributed by atoms with Crippen LogP contribution in [0.2, 0.25) is 0 Å². The molecule has 2 aromatic heterocycles. The number of H-pyrrole nitrogens is 1. The van der Waals surface area contributed by atoms with Crippen molar-refractivity contribution in [3.8, 4) is 0 Å². The number of para-hydroxylation sites is 1. The van der Waals surface area contributed by atoms with E-state index in [1.54, 1.807) is 12.3 Å². The van der Waals surface area contributed by atoms with E-state index in [1.165, 1.54) is 16.5 Å². The van der Waals surface area contributed by atoms with Crippen molar-refractivity contribution in [2.24, 2.45) is 0 Å². The first-order valence-corrected chi connectivity index (χ1v) is 9.32. The van der Waals surface area contributed by atoms with Crippen LogP contribution in [0.4, 0.5) is 11.5 Å². The van der Waals surface area contributed by atoms with Gasteiger partial charge in [0.25, 0.3) is 5.91 Å². The lowest BCUT2D eigenvalue weighted by molar-refractivity contribution is 0.0954. The van der Waals surface area contributed by atoms with Gasteiger partial charge in [-0.15, -0.1) is 0 Å². The third kappa shape index (κ3) is 4.04. The third-order valence-electron chi connectivity index (χ3n) is 4.67. The van der Waals surface area contributed by atoms with E-state index >= 15 is 0 Å². The Balaban J connectivity index is 1.33. The molecule has 5 heteroatoms. The van der Waals surface area contributed by atoms with Gasteiger partial charge in [-0.1, -0.05) is 30.3 Å². The van der Waals surface area contributed by atoms with E-state index in [4.69, 9.17) is 0 Å². The Labute approximate surface area is 163 Å². The summed E-state index contributed by atoms with van der Waals surface area (Å²) in [4.78, 5) is 20.0. The molecular weight excluding hydrogens is 348 g/mol. The highest BCUT2D eigenvalue weighted by Crippen LogP contribution is 2.18. The summed E-state index contributed by atoms with van der Waals surface area (Å²) in [5.74, 6) is 0.593. The average molecular weight is 370 g/mol. The van der Waals surface area contributed by atoms with E-state index in [0.717, 1.165) is 17.6 Å². The largest absolute Gasteiger partial charge is 0.361 e. The smallest absolute Gasteiger partial charge is 0.252 e. The van der Waals surface area contributed by atoms with Gasteiger partial charge in [0.05, 0.1) is 5.56 Å². The summed E-state index contributed by atoms with van der Waals surface area (Å²) in [6.07, 6.45) is 4.37. The highest BCUT2D eigenvalue weighted by atomic mass is 16.1. The van der Waals surface area contributed by atoms with Gasteiger partial charge in [-0.3, -0.25) is 4.79 Å². The number of hydrogen-bond donors (Lipinski definition) is 3. The summed E-state index contributed by atoms with van der Waals surface area (Å²) < 4.78 is 0. The molecule has 2 heterocycles. The van der Waals surface area contributed by atoms with Gasteiger partial charge in [0.1, 0.15) is 5.82 Å². The van der Waals surface area contributed by atoms with Crippen molar-refractivity contribution in [3.63, 3.8) is 0 Å². The number of anilines is 2. The van der Waals surface area contributed by atoms with Gasteiger partial charge in [0.2, 0.25) is 0 Å². The molecule has 0 radical (unpaired) electrons. The van der Waals surface area contributed by atoms with Gasteiger partial charge in [-0.25, -0.2) is 4.98 Å². The molecule has 0 spiro atoms. The predicted molar refractivity (Wildman–Crippen MR) is 113 cm³/mol. The monoisotopic (exact) mass is 370 g/mol. The molecule has 0 fully saturated rings. The summed E-state index contributed by atoms with van der Waals surface area (Å²) in [6, 6.07) is 19.8. The fourth-order valence-electron chi connectivity index (χ4n) is 3.22. The molecule has 0 aliphatic carbocycles. The maximum absolute atomic E-state index is 12.4. The zero-order valence-electron chi connectivity index (χ0n) is 15.7. The number of aromatic amines is 1. The van der Waals surface area contributed by atoms with Crippen LogP contribution in [0.3, 0.4) is 0 Å². The Morgan fingerprint density at radius 1 is 1.07 bits per heavy atom. The molecular formula is C23H22N4O. The normalized spacial score (nSPS) is 10.8. The first-order chi connectivity index (χ1) is 13.7. The molecule has 28 heavy (non-hydrogen) atoms. The number of rotatable bonds is 6. The van der Waals surface area contributed by atoms with Crippen LogP contribution < -0.4 is 10.6 Å². The lowest BCUT2D eigenvalue weighted by atomic mass is 10.1. The number of nitrogens with one attached hydrogen (secondary N) is 3. The average Bonchev–Trinajstić information content (AvgIpc) is 3.12. The minimum Gasteiger partial charge on any atom is -0.361 e. The Morgan fingerprint density at radius 3 is 2.79 bits per heavy atom. The lowest BCUT2D eigenvalue weighted by Gasteiger charge is -2.08. The molecule has 4 aromatic rings. The zero-order chi connectivity index (χ0) is 19.3. The maximum Gasteiger partial charge on any atom is 0.252 e. The topological polar surface area (TPSA) is 69.8 Å². The second-order valence-corrected chi connectivity index (χ2v) is 6.79. The van der Waals surface area contributed by atoms with Crippen LogP contribution >= 0.6 is 0 Å². The van der Waals surface area contributed by atoms with Crippen LogP contribution in [-0.2, 0) is 6.42 Å². The number of nitrogens with zero attached hydrogens (tertiary/aromatic N) is 1. The number of fused-ring (bicyclic) bond motifs is 1. The van der Waals surface area contributed by atoms with Crippen molar-refractivity contribution >= 4 is 28.3 Å². The van der Waals surface area contributed by atoms with Crippen LogP contribution in [0.5, 0.6) is 0 Å². The molecule has 0 bridgehead atoms. The Bertz CT molecular complexity index is 1100. The van der Waals surface area contributed by atoms with E-state index in [2.05, 4.69) is 32.7 Å². The van der Waals surface area contributed by atoms with E-state index in [1.807, 2.05) is 55.6 Å². The predicted octanol–water partition coefficient (Wildman–Crippen LogP) is 4.59. The van der Waals surface area contributed by atoms with Crippen molar-refractivity contribution in [2.45, 2.75) is 13.3 Å². The van der Waals surface area contributed by atoms with Crippen molar-refractivity contribution < 1.29 is 4.79 Å². The molecule has 5 nitrogen and oxygen atoms in total. The van der Waals surface area contributed by atoms with E-state index in [0.29, 0.717) is 17.9 Å². The molecule has 3 N–H and O–H groups in total. The standard InChI is InChI=1S/C23H22N4O/c1-16-5-4-6-19(13-16)27-22-10-9-18(15-26-22)23(28)24-12-11-17-14-25-21-8-3-2-7-20(17)21/h2-10,13-15,25H,11-12H2,1H3,(H,24,28)(H,26,27). The molecule has 0 saturated heterocycles. The van der Waals surface area contributed by atoms with Gasteiger partial charge >= 0.3 is 0 Å². The second kappa shape index (κ2) is 7.96. The fraction of sp³-hybridized carbons (Fsp3) is 0.130. The van der Waals surface area contributed by atoms with Crippen molar-refractivity contribution in [1.82, 2.24) is 15.3 Å². The van der Waals surface area contributed by atoms with Crippen molar-refractivity contribution in [3.05, 3.63) is 89.7 Å². The molecule has 0 unspecified atom stereocenters. The van der Waals surface area contributed by atoms with Crippen molar-refractivity contribution in [2.75, 3.05) is 11.9 Å². The highest BCUT2D eigenvalue weighted by Gasteiger charge is 2.08. The molecule has 1 amide bonds. The summed E-state index contributed by atoms with van der Waals surface area (Å²) in [5, 5.41) is 7.41. The fourth-order valence-corrected chi connectivity index (χ4v) is 3.22. The highest BCUT2D eigenvalue weighted by molar-refractivity contribution is 5.94. The summed E-state index contributed by atoms with van der Waals surface area (Å²) in [7, 11) is 0. The molecule has 140 valence electrons. The molecule has 2 aromatic carbocycles. The number of carbonyl (C=O) groups is 1. The van der Waals surface area contributed by atoms with Gasteiger partial charge in [-0.05, 0) is 54.8 Å². The first kappa shape index (κ1) is 17.8. The van der Waals surface area contributed by atoms with Crippen molar-refractivity contribution in [1.29, 1.82) is 0 Å². The SMILES string of the molecule is Cc1cccc(Nc2ccc(C(=O)NCCc3c[nH]c4ccccc34)cn2)c1. The molecule has 0 saturated carbocycles. The van der Waals surface area contributed by atoms with Crippen LogP contribution in [0.15, 0.2) is 73.1 Å². The van der Waals surface area contributed by atoms with E-state index < -0.39 is 0 Å². The number of benzene rings is 2. The van der Waals surface area contributed by atoms with Crippen LogP contribution in [0, 0.1) is 6.92 Å². The van der Waals surface area contributed by atoms with E-state index in [-0.39, 0.29) is 5.91 Å². The summed E-state index contributed by atoms with van der Waals surface area (Å²) >= 11 is 0. The van der Waals surface area contributed by atoms with Gasteiger partial charge in [-0.2, -0.15) is 0 Å². The molecule has 0 atom stereocenters. The number of hydrogen-bond acceptors (Lipinski definition) is 3.